The molecule has 0 fully saturated rings. The van der Waals surface area contributed by atoms with E-state index in [1.165, 1.54) is 0 Å². The summed E-state index contributed by atoms with van der Waals surface area (Å²) in [4.78, 5) is 10.2. The van der Waals surface area contributed by atoms with Crippen molar-refractivity contribution in [1.82, 2.24) is 0 Å². The molecule has 0 spiro atoms. The SMILES string of the molecule is O=C(O)C1=CC[Se][Se]1. The van der Waals surface area contributed by atoms with Gasteiger partial charge < -0.3 is 0 Å². The zero-order valence-electron chi connectivity index (χ0n) is 3.96. The van der Waals surface area contributed by atoms with Crippen LogP contribution in [-0.2, 0) is 4.79 Å². The first-order valence-corrected chi connectivity index (χ1v) is 8.44. The summed E-state index contributed by atoms with van der Waals surface area (Å²) in [5.74, 6) is -0.704. The van der Waals surface area contributed by atoms with E-state index in [0.717, 1.165) is 5.32 Å². The van der Waals surface area contributed by atoms with Crippen LogP contribution in [0.4, 0.5) is 0 Å². The predicted octanol–water partition coefficient (Wildman–Crippen LogP) is -0.290. The fourth-order valence-corrected chi connectivity index (χ4v) is 6.65. The molecule has 2 nitrogen and oxygen atoms in total. The molecule has 1 N–H and O–H groups in total. The summed E-state index contributed by atoms with van der Waals surface area (Å²) < 4.78 is 0.678. The maximum absolute atomic E-state index is 10.2. The Bertz CT molecular complexity index is 141. The van der Waals surface area contributed by atoms with Crippen LogP contribution >= 0.6 is 0 Å². The fourth-order valence-electron chi connectivity index (χ4n) is 0.364. The van der Waals surface area contributed by atoms with Crippen LogP contribution in [0.3, 0.4) is 0 Å². The first-order valence-electron chi connectivity index (χ1n) is 2.03. The number of rotatable bonds is 1. The van der Waals surface area contributed by atoms with Gasteiger partial charge in [-0.05, 0) is 0 Å². The average molecular weight is 242 g/mol. The van der Waals surface area contributed by atoms with Gasteiger partial charge in [0.25, 0.3) is 0 Å². The first-order chi connectivity index (χ1) is 3.80. The van der Waals surface area contributed by atoms with Crippen molar-refractivity contribution in [3.63, 3.8) is 0 Å². The fraction of sp³-hybridized carbons (Fsp3) is 0.250. The molecule has 1 aliphatic rings. The van der Waals surface area contributed by atoms with E-state index in [0.29, 0.717) is 30.7 Å². The van der Waals surface area contributed by atoms with E-state index in [9.17, 15) is 4.79 Å². The molecule has 0 aromatic rings. The Morgan fingerprint density at radius 3 is 2.88 bits per heavy atom. The van der Waals surface area contributed by atoms with Crippen molar-refractivity contribution >= 4 is 32.2 Å². The van der Waals surface area contributed by atoms with E-state index in [-0.39, 0.29) is 0 Å². The van der Waals surface area contributed by atoms with E-state index in [1.807, 2.05) is 6.08 Å². The van der Waals surface area contributed by atoms with Crippen LogP contribution in [0.15, 0.2) is 10.5 Å². The number of aliphatic carboxylic acids is 1. The Hall–Kier alpha value is 0.249. The molecular formula is C4H4O2Se2. The molecule has 0 radical (unpaired) electrons. The van der Waals surface area contributed by atoms with Crippen LogP contribution in [0.2, 0.25) is 5.32 Å². The van der Waals surface area contributed by atoms with Gasteiger partial charge in [0.2, 0.25) is 0 Å². The standard InChI is InChI=1S/C4H4O2Se2/c5-4(6)3-1-2-7-8-3/h1H,2H2,(H,5,6). The van der Waals surface area contributed by atoms with Gasteiger partial charge in [-0.15, -0.1) is 0 Å². The van der Waals surface area contributed by atoms with Crippen molar-refractivity contribution in [2.24, 2.45) is 0 Å². The third kappa shape index (κ3) is 1.36. The molecule has 0 aliphatic carbocycles. The second-order valence-electron chi connectivity index (χ2n) is 1.24. The number of carbonyl (C=O) groups is 1. The minimum atomic E-state index is -0.704. The van der Waals surface area contributed by atoms with E-state index in [2.05, 4.69) is 0 Å². The molecule has 8 heavy (non-hydrogen) atoms. The number of hydrogen-bond donors (Lipinski definition) is 1. The minimum absolute atomic E-state index is 0.332. The van der Waals surface area contributed by atoms with Crippen LogP contribution in [0.1, 0.15) is 0 Å². The van der Waals surface area contributed by atoms with E-state index in [4.69, 9.17) is 5.11 Å². The number of allylic oxidation sites excluding steroid dienone is 1. The Kier molecular flexibility index (Phi) is 2.15. The van der Waals surface area contributed by atoms with Crippen LogP contribution < -0.4 is 0 Å². The second-order valence-corrected chi connectivity index (χ2v) is 8.09. The molecule has 0 unspecified atom stereocenters. The van der Waals surface area contributed by atoms with Gasteiger partial charge in [-0.2, -0.15) is 0 Å². The molecule has 0 aromatic carbocycles. The third-order valence-corrected chi connectivity index (χ3v) is 7.40. The normalized spacial score (nSPS) is 18.2. The average Bonchev–Trinajstić information content (AvgIpc) is 2.12. The summed E-state index contributed by atoms with van der Waals surface area (Å²) in [5.41, 5.74) is 0. The predicted molar refractivity (Wildman–Crippen MR) is 32.0 cm³/mol. The van der Waals surface area contributed by atoms with Crippen molar-refractivity contribution in [2.45, 2.75) is 5.32 Å². The molecule has 1 rings (SSSR count). The van der Waals surface area contributed by atoms with Crippen LogP contribution in [0.5, 0.6) is 0 Å². The van der Waals surface area contributed by atoms with E-state index < -0.39 is 5.97 Å². The third-order valence-electron chi connectivity index (χ3n) is 0.696. The Labute approximate surface area is 58.2 Å². The zero-order chi connectivity index (χ0) is 5.98. The topological polar surface area (TPSA) is 37.3 Å². The molecular weight excluding hydrogens is 238 g/mol. The summed E-state index contributed by atoms with van der Waals surface area (Å²) >= 11 is 0.944. The van der Waals surface area contributed by atoms with Crippen LogP contribution in [-0.4, -0.2) is 37.3 Å². The van der Waals surface area contributed by atoms with Crippen molar-refractivity contribution < 1.29 is 9.90 Å². The molecule has 0 aromatic heterocycles. The molecule has 0 atom stereocenters. The van der Waals surface area contributed by atoms with Gasteiger partial charge in [-0.25, -0.2) is 0 Å². The molecule has 1 aliphatic heterocycles. The molecule has 0 amide bonds. The zero-order valence-corrected chi connectivity index (χ0v) is 7.38. The Balaban J connectivity index is 2.57. The number of carboxylic acids is 1. The molecule has 1 heterocycles. The van der Waals surface area contributed by atoms with Gasteiger partial charge in [0.1, 0.15) is 0 Å². The Morgan fingerprint density at radius 2 is 2.62 bits per heavy atom. The van der Waals surface area contributed by atoms with Gasteiger partial charge in [-0.3, -0.25) is 0 Å². The van der Waals surface area contributed by atoms with Gasteiger partial charge in [0.15, 0.2) is 0 Å². The second kappa shape index (κ2) is 2.69. The first kappa shape index (κ1) is 6.37. The number of carboxylic acid groups (broad SMARTS) is 1. The summed E-state index contributed by atoms with van der Waals surface area (Å²) in [6.45, 7) is 0. The maximum atomic E-state index is 10.2. The van der Waals surface area contributed by atoms with Crippen LogP contribution in [0.25, 0.3) is 0 Å². The molecule has 0 saturated heterocycles. The van der Waals surface area contributed by atoms with Gasteiger partial charge in [-0.1, -0.05) is 0 Å². The summed E-state index contributed by atoms with van der Waals surface area (Å²) in [7, 11) is 0. The quantitative estimate of drug-likeness (QED) is 0.641. The number of hydrogen-bond acceptors (Lipinski definition) is 1. The van der Waals surface area contributed by atoms with Gasteiger partial charge in [0, 0.05) is 0 Å². The van der Waals surface area contributed by atoms with Gasteiger partial charge >= 0.3 is 58.0 Å². The Morgan fingerprint density at radius 1 is 1.88 bits per heavy atom. The van der Waals surface area contributed by atoms with Crippen molar-refractivity contribution in [3.05, 3.63) is 10.5 Å². The monoisotopic (exact) mass is 244 g/mol. The molecule has 0 saturated carbocycles. The molecule has 0 bridgehead atoms. The van der Waals surface area contributed by atoms with Crippen molar-refractivity contribution in [3.8, 4) is 0 Å². The summed E-state index contributed by atoms with van der Waals surface area (Å²) in [6, 6.07) is 0. The van der Waals surface area contributed by atoms with E-state index in [1.54, 1.807) is 0 Å². The summed E-state index contributed by atoms with van der Waals surface area (Å²) in [5, 5.41) is 9.41. The van der Waals surface area contributed by atoms with E-state index >= 15 is 0 Å². The van der Waals surface area contributed by atoms with Gasteiger partial charge in [0.05, 0.1) is 0 Å². The molecule has 4 heteroatoms. The van der Waals surface area contributed by atoms with Crippen LogP contribution in [0, 0.1) is 0 Å². The molecule has 44 valence electrons. The van der Waals surface area contributed by atoms with Crippen molar-refractivity contribution in [2.75, 3.05) is 0 Å². The van der Waals surface area contributed by atoms with Crippen molar-refractivity contribution in [1.29, 1.82) is 0 Å². The summed E-state index contributed by atoms with van der Waals surface area (Å²) in [6.07, 6.45) is 1.85.